The first-order valence-corrected chi connectivity index (χ1v) is 7.66. The molecular weight excluding hydrogens is 359 g/mol. The first kappa shape index (κ1) is 16.6. The molecule has 3 N–H and O–H groups in total. The summed E-state index contributed by atoms with van der Waals surface area (Å²) in [7, 11) is 1.69. The van der Waals surface area contributed by atoms with Crippen LogP contribution < -0.4 is 11.1 Å². The number of fused-ring (bicyclic) bond motifs is 1. The number of hydrogen-bond acceptors (Lipinski definition) is 6. The lowest BCUT2D eigenvalue weighted by molar-refractivity contribution is 0.102. The van der Waals surface area contributed by atoms with Gasteiger partial charge in [-0.15, -0.1) is 5.10 Å². The molecule has 0 fully saturated rings. The normalized spacial score (nSPS) is 11.1. The summed E-state index contributed by atoms with van der Waals surface area (Å²) in [5.41, 5.74) is 6.47. The van der Waals surface area contributed by atoms with Crippen molar-refractivity contribution in [1.82, 2.24) is 29.1 Å². The highest BCUT2D eigenvalue weighted by atomic mass is 19.1. The van der Waals surface area contributed by atoms with Gasteiger partial charge in [-0.05, 0) is 0 Å². The fourth-order valence-electron chi connectivity index (χ4n) is 2.72. The summed E-state index contributed by atoms with van der Waals surface area (Å²) in [6.07, 6.45) is 7.28. The third kappa shape index (κ3) is 2.74. The number of carbonyl (C=O) groups excluding carboxylic acids is 1. The maximum Gasteiger partial charge on any atom is 0.263 e. The molecule has 0 atom stereocenters. The van der Waals surface area contributed by atoms with Crippen molar-refractivity contribution in [2.45, 2.75) is 0 Å². The Bertz CT molecular complexity index is 1180. The minimum Gasteiger partial charge on any atom is -0.381 e. The summed E-state index contributed by atoms with van der Waals surface area (Å²) in [6, 6.07) is 0. The molecule has 1 amide bonds. The van der Waals surface area contributed by atoms with E-state index in [4.69, 9.17) is 5.73 Å². The van der Waals surface area contributed by atoms with Crippen LogP contribution in [-0.2, 0) is 7.05 Å². The number of nitrogen functional groups attached to an aromatic ring is 1. The van der Waals surface area contributed by atoms with Crippen LogP contribution in [0.5, 0.6) is 0 Å². The van der Waals surface area contributed by atoms with Gasteiger partial charge in [-0.1, -0.05) is 0 Å². The molecule has 9 nitrogen and oxygen atoms in total. The highest BCUT2D eigenvalue weighted by Crippen LogP contribution is 2.30. The summed E-state index contributed by atoms with van der Waals surface area (Å²) in [6.45, 7) is 0. The first-order valence-electron chi connectivity index (χ1n) is 7.66. The quantitative estimate of drug-likeness (QED) is 0.529. The number of carbonyl (C=O) groups is 1. The van der Waals surface area contributed by atoms with E-state index in [-0.39, 0.29) is 28.3 Å². The van der Waals surface area contributed by atoms with Crippen molar-refractivity contribution in [1.29, 1.82) is 0 Å². The summed E-state index contributed by atoms with van der Waals surface area (Å²) >= 11 is 0. The van der Waals surface area contributed by atoms with Crippen molar-refractivity contribution >= 4 is 23.1 Å². The van der Waals surface area contributed by atoms with Crippen LogP contribution in [0.3, 0.4) is 0 Å². The van der Waals surface area contributed by atoms with Crippen molar-refractivity contribution in [3.8, 4) is 11.3 Å². The van der Waals surface area contributed by atoms with Crippen LogP contribution in [0.4, 0.5) is 20.3 Å². The maximum absolute atomic E-state index is 14.4. The second kappa shape index (κ2) is 6.12. The number of halogens is 2. The largest absolute Gasteiger partial charge is 0.381 e. The summed E-state index contributed by atoms with van der Waals surface area (Å²) in [5, 5.41) is 6.44. The second-order valence-electron chi connectivity index (χ2n) is 5.69. The Morgan fingerprint density at radius 1 is 1.19 bits per heavy atom. The second-order valence-corrected chi connectivity index (χ2v) is 5.69. The molecule has 4 heterocycles. The van der Waals surface area contributed by atoms with E-state index in [0.717, 1.165) is 23.1 Å². The van der Waals surface area contributed by atoms with E-state index in [2.05, 4.69) is 25.4 Å². The molecule has 0 aliphatic carbocycles. The lowest BCUT2D eigenvalue weighted by atomic mass is 10.1. The third-order valence-corrected chi connectivity index (χ3v) is 3.92. The molecule has 0 unspecified atom stereocenters. The van der Waals surface area contributed by atoms with E-state index in [9.17, 15) is 13.6 Å². The lowest BCUT2D eigenvalue weighted by Crippen LogP contribution is -2.15. The van der Waals surface area contributed by atoms with Crippen LogP contribution in [0.15, 0.2) is 37.3 Å². The Morgan fingerprint density at radius 2 is 2.00 bits per heavy atom. The number of aromatic nitrogens is 6. The maximum atomic E-state index is 14.4. The van der Waals surface area contributed by atoms with Crippen molar-refractivity contribution in [2.75, 3.05) is 11.1 Å². The Kier molecular flexibility index (Phi) is 3.76. The number of nitrogens with one attached hydrogen (secondary N) is 1. The van der Waals surface area contributed by atoms with Gasteiger partial charge in [0, 0.05) is 7.05 Å². The van der Waals surface area contributed by atoms with Gasteiger partial charge in [0.05, 0.1) is 54.3 Å². The lowest BCUT2D eigenvalue weighted by Gasteiger charge is -2.11. The molecule has 0 aliphatic heterocycles. The van der Waals surface area contributed by atoms with Gasteiger partial charge in [-0.25, -0.2) is 23.3 Å². The van der Waals surface area contributed by atoms with Crippen molar-refractivity contribution in [3.05, 3.63) is 54.5 Å². The van der Waals surface area contributed by atoms with Gasteiger partial charge >= 0.3 is 0 Å². The van der Waals surface area contributed by atoms with Gasteiger partial charge in [0.1, 0.15) is 5.56 Å². The van der Waals surface area contributed by atoms with Crippen LogP contribution in [0.1, 0.15) is 10.4 Å². The van der Waals surface area contributed by atoms with Gasteiger partial charge in [-0.2, -0.15) is 0 Å². The summed E-state index contributed by atoms with van der Waals surface area (Å²) in [4.78, 5) is 24.3. The molecule has 0 aliphatic rings. The molecule has 0 saturated carbocycles. The topological polar surface area (TPSA) is 116 Å². The molecule has 136 valence electrons. The average Bonchev–Trinajstić information content (AvgIpc) is 3.17. The van der Waals surface area contributed by atoms with Gasteiger partial charge in [0.15, 0.2) is 23.1 Å². The molecular formula is C16H12F2N8O. The fourth-order valence-corrected chi connectivity index (χ4v) is 2.72. The molecule has 4 rings (SSSR count). The van der Waals surface area contributed by atoms with E-state index >= 15 is 0 Å². The number of imidazole rings is 1. The predicted octanol–water partition coefficient (Wildman–Crippen LogP) is 1.64. The molecule has 27 heavy (non-hydrogen) atoms. The number of nitrogens with two attached hydrogens (primary N) is 1. The zero-order valence-electron chi connectivity index (χ0n) is 13.9. The van der Waals surface area contributed by atoms with E-state index in [0.29, 0.717) is 5.69 Å². The molecule has 0 bridgehead atoms. The Balaban J connectivity index is 1.78. The van der Waals surface area contributed by atoms with Gasteiger partial charge in [-0.3, -0.25) is 9.78 Å². The Hall–Kier alpha value is -3.89. The van der Waals surface area contributed by atoms with Crippen molar-refractivity contribution < 1.29 is 13.6 Å². The minimum absolute atomic E-state index is 0.0600. The van der Waals surface area contributed by atoms with Crippen LogP contribution in [0, 0.1) is 11.6 Å². The summed E-state index contributed by atoms with van der Waals surface area (Å²) in [5.74, 6) is -2.09. The fraction of sp³-hybridized carbons (Fsp3) is 0.0625. The number of hydrogen-bond donors (Lipinski definition) is 2. The average molecular weight is 371 g/mol. The molecule has 0 aromatic carbocycles. The third-order valence-electron chi connectivity index (χ3n) is 3.92. The SMILES string of the molecule is [13CH3]n1cncc1-c1c(F)cncc1NC(=O)c1c(N)nn2cc(F)cnc12. The monoisotopic (exact) mass is 371 g/mol. The number of pyridine rings is 1. The van der Waals surface area contributed by atoms with Crippen molar-refractivity contribution in [2.24, 2.45) is 7.05 Å². The molecule has 4 aromatic rings. The van der Waals surface area contributed by atoms with Crippen LogP contribution in [0.25, 0.3) is 16.9 Å². The Labute approximate surface area is 150 Å². The zero-order valence-corrected chi connectivity index (χ0v) is 13.9. The van der Waals surface area contributed by atoms with E-state index in [1.807, 2.05) is 0 Å². The van der Waals surface area contributed by atoms with Crippen LogP contribution in [-0.4, -0.2) is 35.0 Å². The van der Waals surface area contributed by atoms with Crippen LogP contribution in [0.2, 0.25) is 0 Å². The number of anilines is 2. The van der Waals surface area contributed by atoms with E-state index in [1.54, 1.807) is 11.6 Å². The standard InChI is InChI=1S/C16H12F2N8O/c1-25-7-21-5-11(25)12-9(18)3-20-4-10(12)23-16(27)13-14(19)24-26-6-8(17)2-22-15(13)26/h2-7H,1H3,(H2,19,24)(H,23,27)/i1+1. The minimum atomic E-state index is -0.683. The van der Waals surface area contributed by atoms with Gasteiger partial charge in [0.2, 0.25) is 0 Å². The first-order chi connectivity index (χ1) is 13.0. The zero-order chi connectivity index (χ0) is 19.1. The van der Waals surface area contributed by atoms with Gasteiger partial charge in [0.25, 0.3) is 5.91 Å². The molecule has 4 aromatic heterocycles. The Morgan fingerprint density at radius 3 is 2.74 bits per heavy atom. The highest BCUT2D eigenvalue weighted by molar-refractivity contribution is 6.12. The molecule has 0 saturated heterocycles. The summed E-state index contributed by atoms with van der Waals surface area (Å²) < 4.78 is 30.4. The predicted molar refractivity (Wildman–Crippen MR) is 91.7 cm³/mol. The molecule has 11 heteroatoms. The number of rotatable bonds is 3. The molecule has 0 radical (unpaired) electrons. The smallest absolute Gasteiger partial charge is 0.263 e. The van der Waals surface area contributed by atoms with E-state index in [1.165, 1.54) is 18.7 Å². The van der Waals surface area contributed by atoms with Gasteiger partial charge < -0.3 is 15.6 Å². The number of aryl methyl sites for hydroxylation is 1. The molecule has 0 spiro atoms. The van der Waals surface area contributed by atoms with Crippen LogP contribution >= 0.6 is 0 Å². The van der Waals surface area contributed by atoms with E-state index < -0.39 is 17.5 Å². The number of nitrogens with zero attached hydrogens (tertiary/aromatic N) is 6. The number of amides is 1. The highest BCUT2D eigenvalue weighted by Gasteiger charge is 2.22. The van der Waals surface area contributed by atoms with Crippen molar-refractivity contribution in [3.63, 3.8) is 0 Å².